The lowest BCUT2D eigenvalue weighted by Crippen LogP contribution is -2.25. The summed E-state index contributed by atoms with van der Waals surface area (Å²) < 4.78 is 23.1. The molecule has 0 saturated carbocycles. The summed E-state index contributed by atoms with van der Waals surface area (Å²) in [4.78, 5) is 23.3. The summed E-state index contributed by atoms with van der Waals surface area (Å²) >= 11 is 0. The molecule has 8 nitrogen and oxygen atoms in total. The number of carbonyl (C=O) groups is 1. The molecule has 1 aliphatic rings. The zero-order valence-electron chi connectivity index (χ0n) is 17.1. The van der Waals surface area contributed by atoms with E-state index in [2.05, 4.69) is 27.3 Å². The fourth-order valence-electron chi connectivity index (χ4n) is 4.11. The second-order valence-electron chi connectivity index (χ2n) is 7.81. The van der Waals surface area contributed by atoms with E-state index in [0.717, 1.165) is 10.8 Å². The molecular weight excluding hydrogens is 411 g/mol. The fraction of sp³-hybridized carbons (Fsp3) is 0.130. The van der Waals surface area contributed by atoms with Gasteiger partial charge in [0.25, 0.3) is 11.8 Å². The summed E-state index contributed by atoms with van der Waals surface area (Å²) in [5.74, 6) is 0.0630. The van der Waals surface area contributed by atoms with E-state index in [1.807, 2.05) is 29.1 Å². The average molecular weight is 428 g/mol. The van der Waals surface area contributed by atoms with Crippen LogP contribution in [0.25, 0.3) is 28.0 Å². The highest BCUT2D eigenvalue weighted by Crippen LogP contribution is 2.30. The van der Waals surface area contributed by atoms with Crippen LogP contribution >= 0.6 is 0 Å². The highest BCUT2D eigenvalue weighted by molar-refractivity contribution is 5.98. The molecule has 9 heteroatoms. The van der Waals surface area contributed by atoms with Crippen LogP contribution in [0.1, 0.15) is 21.9 Å². The first-order chi connectivity index (χ1) is 15.6. The number of carbonyl (C=O) groups excluding carboxylic acids is 1. The molecule has 0 unspecified atom stereocenters. The molecule has 0 spiro atoms. The van der Waals surface area contributed by atoms with Gasteiger partial charge in [-0.2, -0.15) is 4.98 Å². The average Bonchev–Trinajstić information content (AvgIpc) is 3.50. The summed E-state index contributed by atoms with van der Waals surface area (Å²) in [5.41, 5.74) is 2.06. The molecule has 0 bridgehead atoms. The monoisotopic (exact) mass is 428 g/mol. The van der Waals surface area contributed by atoms with Gasteiger partial charge in [0.1, 0.15) is 12.1 Å². The van der Waals surface area contributed by atoms with Gasteiger partial charge in [-0.05, 0) is 29.0 Å². The molecule has 1 aliphatic heterocycles. The van der Waals surface area contributed by atoms with Crippen molar-refractivity contribution < 1.29 is 13.7 Å². The Balaban J connectivity index is 1.37. The van der Waals surface area contributed by atoms with E-state index in [9.17, 15) is 9.18 Å². The van der Waals surface area contributed by atoms with E-state index >= 15 is 0 Å². The number of fused-ring (bicyclic) bond motifs is 4. The van der Waals surface area contributed by atoms with Crippen LogP contribution in [0.2, 0.25) is 0 Å². The third kappa shape index (κ3) is 2.89. The summed E-state index contributed by atoms with van der Waals surface area (Å²) in [5, 5.41) is 6.39. The SMILES string of the molecule is CN1Cc2c(-c3nc(Cn4cc5ccccc5c4)no3)ncn2-c2ccc(F)cc2C1=O. The maximum atomic E-state index is 13.8. The van der Waals surface area contributed by atoms with E-state index in [-0.39, 0.29) is 23.9 Å². The van der Waals surface area contributed by atoms with Crippen molar-refractivity contribution in [1.29, 1.82) is 0 Å². The molecule has 5 aromatic rings. The number of imidazole rings is 1. The third-order valence-corrected chi connectivity index (χ3v) is 5.65. The number of aromatic nitrogens is 5. The third-order valence-electron chi connectivity index (χ3n) is 5.65. The molecule has 1 amide bonds. The van der Waals surface area contributed by atoms with Crippen LogP contribution in [0, 0.1) is 5.82 Å². The van der Waals surface area contributed by atoms with Crippen molar-refractivity contribution >= 4 is 16.7 Å². The maximum Gasteiger partial charge on any atom is 0.278 e. The van der Waals surface area contributed by atoms with Gasteiger partial charge < -0.3 is 14.0 Å². The van der Waals surface area contributed by atoms with E-state index in [1.165, 1.54) is 17.0 Å². The Morgan fingerprint density at radius 2 is 1.91 bits per heavy atom. The zero-order valence-corrected chi connectivity index (χ0v) is 17.1. The number of nitrogens with zero attached hydrogens (tertiary/aromatic N) is 6. The Kier molecular flexibility index (Phi) is 3.97. The van der Waals surface area contributed by atoms with Crippen molar-refractivity contribution in [3.8, 4) is 17.3 Å². The van der Waals surface area contributed by atoms with Crippen LogP contribution in [0.4, 0.5) is 4.39 Å². The molecule has 32 heavy (non-hydrogen) atoms. The Hall–Kier alpha value is -4.27. The standard InChI is InChI=1S/C23H17FN6O2/c1-28-11-19-21(25-13-30(19)18-7-6-16(24)8-17(18)23(28)31)22-26-20(27-32-22)12-29-9-14-4-2-3-5-15(14)10-29/h2-10,13H,11-12H2,1H3. The van der Waals surface area contributed by atoms with Gasteiger partial charge in [0.05, 0.1) is 30.0 Å². The minimum atomic E-state index is -0.464. The van der Waals surface area contributed by atoms with E-state index < -0.39 is 5.82 Å². The Bertz CT molecular complexity index is 1460. The fourth-order valence-corrected chi connectivity index (χ4v) is 4.11. The van der Waals surface area contributed by atoms with Crippen molar-refractivity contribution in [1.82, 2.24) is 29.2 Å². The Labute approximate surface area is 181 Å². The minimum absolute atomic E-state index is 0.264. The molecule has 4 heterocycles. The van der Waals surface area contributed by atoms with Crippen LogP contribution < -0.4 is 0 Å². The van der Waals surface area contributed by atoms with Gasteiger partial charge >= 0.3 is 0 Å². The highest BCUT2D eigenvalue weighted by atomic mass is 19.1. The summed E-state index contributed by atoms with van der Waals surface area (Å²) in [7, 11) is 1.67. The van der Waals surface area contributed by atoms with Gasteiger partial charge in [0, 0.05) is 19.4 Å². The van der Waals surface area contributed by atoms with Crippen LogP contribution in [0.15, 0.2) is 65.7 Å². The zero-order chi connectivity index (χ0) is 21.8. The second kappa shape index (κ2) is 6.88. The number of rotatable bonds is 3. The molecular formula is C23H17FN6O2. The van der Waals surface area contributed by atoms with Crippen molar-refractivity contribution in [3.63, 3.8) is 0 Å². The molecule has 0 N–H and O–H groups in total. The van der Waals surface area contributed by atoms with Gasteiger partial charge in [-0.3, -0.25) is 9.36 Å². The van der Waals surface area contributed by atoms with Crippen LogP contribution in [-0.2, 0) is 13.1 Å². The lowest BCUT2D eigenvalue weighted by atomic mass is 10.1. The minimum Gasteiger partial charge on any atom is -0.345 e. The van der Waals surface area contributed by atoms with Crippen molar-refractivity contribution in [2.75, 3.05) is 7.05 Å². The molecule has 2 aromatic carbocycles. The molecule has 0 atom stereocenters. The van der Waals surface area contributed by atoms with E-state index in [0.29, 0.717) is 29.4 Å². The summed E-state index contributed by atoms with van der Waals surface area (Å²) in [6.45, 7) is 0.722. The van der Waals surface area contributed by atoms with Gasteiger partial charge in [-0.1, -0.05) is 29.4 Å². The molecule has 3 aromatic heterocycles. The lowest BCUT2D eigenvalue weighted by Gasteiger charge is -2.14. The van der Waals surface area contributed by atoms with Gasteiger partial charge in [0.2, 0.25) is 0 Å². The lowest BCUT2D eigenvalue weighted by molar-refractivity contribution is 0.0787. The van der Waals surface area contributed by atoms with Gasteiger partial charge in [-0.25, -0.2) is 9.37 Å². The number of halogens is 1. The van der Waals surface area contributed by atoms with Crippen LogP contribution in [0.3, 0.4) is 0 Å². The van der Waals surface area contributed by atoms with Crippen molar-refractivity contribution in [2.45, 2.75) is 13.1 Å². The predicted molar refractivity (Wildman–Crippen MR) is 114 cm³/mol. The number of benzene rings is 2. The first-order valence-corrected chi connectivity index (χ1v) is 10.1. The number of hydrogen-bond acceptors (Lipinski definition) is 5. The normalized spacial score (nSPS) is 13.3. The van der Waals surface area contributed by atoms with E-state index in [1.54, 1.807) is 24.0 Å². The molecule has 0 fully saturated rings. The largest absolute Gasteiger partial charge is 0.345 e. The topological polar surface area (TPSA) is 82.0 Å². The number of hydrogen-bond donors (Lipinski definition) is 0. The molecule has 0 saturated heterocycles. The first-order valence-electron chi connectivity index (χ1n) is 10.1. The maximum absolute atomic E-state index is 13.8. The Morgan fingerprint density at radius 1 is 1.12 bits per heavy atom. The quantitative estimate of drug-likeness (QED) is 0.438. The van der Waals surface area contributed by atoms with Crippen molar-refractivity contribution in [2.24, 2.45) is 0 Å². The predicted octanol–water partition coefficient (Wildman–Crippen LogP) is 3.65. The van der Waals surface area contributed by atoms with E-state index in [4.69, 9.17) is 4.52 Å². The summed E-state index contributed by atoms with van der Waals surface area (Å²) in [6, 6.07) is 12.2. The molecule has 158 valence electrons. The highest BCUT2D eigenvalue weighted by Gasteiger charge is 2.28. The first kappa shape index (κ1) is 18.5. The van der Waals surface area contributed by atoms with Crippen molar-refractivity contribution in [3.05, 3.63) is 84.1 Å². The van der Waals surface area contributed by atoms with Gasteiger partial charge in [0.15, 0.2) is 11.5 Å². The summed E-state index contributed by atoms with van der Waals surface area (Å²) in [6.07, 6.45) is 5.66. The smallest absolute Gasteiger partial charge is 0.278 e. The van der Waals surface area contributed by atoms with Gasteiger partial charge in [-0.15, -0.1) is 0 Å². The molecule has 0 aliphatic carbocycles. The Morgan fingerprint density at radius 3 is 2.69 bits per heavy atom. The molecule has 6 rings (SSSR count). The van der Waals surface area contributed by atoms with Crippen LogP contribution in [-0.4, -0.2) is 42.1 Å². The number of amides is 1. The molecule has 0 radical (unpaired) electrons. The second-order valence-corrected chi connectivity index (χ2v) is 7.81. The van der Waals surface area contributed by atoms with Crippen LogP contribution in [0.5, 0.6) is 0 Å².